The Labute approximate surface area is 208 Å². The fourth-order valence-electron chi connectivity index (χ4n) is 3.22. The van der Waals surface area contributed by atoms with Crippen molar-refractivity contribution in [3.63, 3.8) is 0 Å². The predicted octanol–water partition coefficient (Wildman–Crippen LogP) is 5.74. The van der Waals surface area contributed by atoms with Crippen LogP contribution in [0.1, 0.15) is 26.5 Å². The van der Waals surface area contributed by atoms with Crippen LogP contribution < -0.4 is 25.4 Å². The van der Waals surface area contributed by atoms with Crippen molar-refractivity contribution in [2.75, 3.05) is 30.2 Å². The SMILES string of the molecule is COc1cc2ncnc(Nc3ccc(NC(=O)Nc4cc(C(C)(C)C)on4)cc3)c2cc1OC.Cl. The number of anilines is 4. The van der Waals surface area contributed by atoms with E-state index in [2.05, 4.69) is 31.1 Å². The Morgan fingerprint density at radius 1 is 0.914 bits per heavy atom. The van der Waals surface area contributed by atoms with Gasteiger partial charge in [0.25, 0.3) is 0 Å². The minimum absolute atomic E-state index is 0. The van der Waals surface area contributed by atoms with Gasteiger partial charge in [0, 0.05) is 34.3 Å². The molecule has 2 heterocycles. The number of amides is 2. The second-order valence-electron chi connectivity index (χ2n) is 8.55. The molecule has 10 nitrogen and oxygen atoms in total. The van der Waals surface area contributed by atoms with Crippen molar-refractivity contribution in [2.24, 2.45) is 0 Å². The molecule has 0 spiro atoms. The summed E-state index contributed by atoms with van der Waals surface area (Å²) in [6, 6.07) is 12.1. The van der Waals surface area contributed by atoms with Crippen molar-refractivity contribution >= 4 is 52.4 Å². The third kappa shape index (κ3) is 5.90. The molecule has 4 rings (SSSR count). The normalized spacial score (nSPS) is 10.9. The van der Waals surface area contributed by atoms with E-state index in [9.17, 15) is 4.79 Å². The van der Waals surface area contributed by atoms with E-state index in [1.165, 1.54) is 6.33 Å². The van der Waals surface area contributed by atoms with Crippen LogP contribution in [0, 0.1) is 0 Å². The molecule has 184 valence electrons. The molecule has 0 bridgehead atoms. The molecule has 0 aliphatic carbocycles. The Hall–Kier alpha value is -4.05. The number of halogens is 1. The van der Waals surface area contributed by atoms with E-state index in [1.807, 2.05) is 39.0 Å². The molecule has 2 amide bonds. The van der Waals surface area contributed by atoms with Gasteiger partial charge in [-0.2, -0.15) is 0 Å². The molecule has 0 fully saturated rings. The summed E-state index contributed by atoms with van der Waals surface area (Å²) in [5, 5.41) is 13.4. The first-order valence-electron chi connectivity index (χ1n) is 10.6. The molecule has 4 aromatic rings. The summed E-state index contributed by atoms with van der Waals surface area (Å²) >= 11 is 0. The van der Waals surface area contributed by atoms with Crippen LogP contribution >= 0.6 is 12.4 Å². The smallest absolute Gasteiger partial charge is 0.324 e. The molecule has 0 atom stereocenters. The maximum atomic E-state index is 12.3. The molecule has 0 saturated heterocycles. The van der Waals surface area contributed by atoms with Crippen molar-refractivity contribution in [3.8, 4) is 11.5 Å². The van der Waals surface area contributed by atoms with E-state index in [0.717, 1.165) is 11.1 Å². The topological polar surface area (TPSA) is 123 Å². The Morgan fingerprint density at radius 2 is 1.57 bits per heavy atom. The second-order valence-corrected chi connectivity index (χ2v) is 8.55. The molecule has 35 heavy (non-hydrogen) atoms. The minimum atomic E-state index is -0.419. The summed E-state index contributed by atoms with van der Waals surface area (Å²) in [4.78, 5) is 21.0. The standard InChI is InChI=1S/C24H26N6O4.ClH/c1-24(2,3)20-12-21(30-34-20)29-23(31)28-15-8-6-14(7-9-15)27-22-16-10-18(32-4)19(33-5)11-17(16)25-13-26-22;/h6-13H,1-5H3,(H,25,26,27)(H2,28,29,30,31);1H. The van der Waals surface area contributed by atoms with Crippen LogP contribution in [-0.4, -0.2) is 35.4 Å². The van der Waals surface area contributed by atoms with Crippen LogP contribution in [0.5, 0.6) is 11.5 Å². The number of hydrogen-bond donors (Lipinski definition) is 3. The predicted molar refractivity (Wildman–Crippen MR) is 137 cm³/mol. The van der Waals surface area contributed by atoms with E-state index in [4.69, 9.17) is 14.0 Å². The van der Waals surface area contributed by atoms with Gasteiger partial charge < -0.3 is 24.6 Å². The molecule has 0 aliphatic heterocycles. The molecule has 0 aliphatic rings. The number of carbonyl (C=O) groups is 1. The van der Waals surface area contributed by atoms with Crippen LogP contribution in [-0.2, 0) is 5.41 Å². The molecule has 11 heteroatoms. The molecule has 2 aromatic carbocycles. The number of ether oxygens (including phenoxy) is 2. The van der Waals surface area contributed by atoms with Gasteiger partial charge in [-0.1, -0.05) is 25.9 Å². The zero-order valence-electron chi connectivity index (χ0n) is 20.0. The van der Waals surface area contributed by atoms with Crippen molar-refractivity contribution in [3.05, 3.63) is 54.6 Å². The summed E-state index contributed by atoms with van der Waals surface area (Å²) < 4.78 is 16.0. The van der Waals surface area contributed by atoms with Crippen LogP contribution in [0.25, 0.3) is 10.9 Å². The van der Waals surface area contributed by atoms with Crippen LogP contribution in [0.3, 0.4) is 0 Å². The largest absolute Gasteiger partial charge is 0.493 e. The number of rotatable bonds is 6. The van der Waals surface area contributed by atoms with Crippen LogP contribution in [0.15, 0.2) is 53.3 Å². The van der Waals surface area contributed by atoms with Gasteiger partial charge in [-0.3, -0.25) is 5.32 Å². The first-order valence-corrected chi connectivity index (χ1v) is 10.6. The van der Waals surface area contributed by atoms with E-state index in [1.54, 1.807) is 38.5 Å². The van der Waals surface area contributed by atoms with E-state index in [-0.39, 0.29) is 17.8 Å². The first kappa shape index (κ1) is 25.6. The van der Waals surface area contributed by atoms with E-state index < -0.39 is 6.03 Å². The lowest BCUT2D eigenvalue weighted by atomic mass is 9.93. The lowest BCUT2D eigenvalue weighted by molar-refractivity contribution is 0.262. The van der Waals surface area contributed by atoms with Gasteiger partial charge in [-0.05, 0) is 30.3 Å². The van der Waals surface area contributed by atoms with Gasteiger partial charge in [0.05, 0.1) is 19.7 Å². The molecule has 0 saturated carbocycles. The lowest BCUT2D eigenvalue weighted by Crippen LogP contribution is -2.19. The highest BCUT2D eigenvalue weighted by Crippen LogP contribution is 2.34. The fourth-order valence-corrected chi connectivity index (χ4v) is 3.22. The number of nitrogens with zero attached hydrogens (tertiary/aromatic N) is 3. The summed E-state index contributed by atoms with van der Waals surface area (Å²) in [7, 11) is 3.16. The Kier molecular flexibility index (Phi) is 7.65. The fraction of sp³-hybridized carbons (Fsp3) is 0.250. The summed E-state index contributed by atoms with van der Waals surface area (Å²) in [6.45, 7) is 6.01. The molecular weight excluding hydrogens is 472 g/mol. The minimum Gasteiger partial charge on any atom is -0.493 e. The van der Waals surface area contributed by atoms with E-state index >= 15 is 0 Å². The summed E-state index contributed by atoms with van der Waals surface area (Å²) in [6.07, 6.45) is 1.48. The van der Waals surface area contributed by atoms with Gasteiger partial charge in [-0.25, -0.2) is 14.8 Å². The number of aromatic nitrogens is 3. The number of nitrogens with one attached hydrogen (secondary N) is 3. The van der Waals surface area contributed by atoms with Crippen LogP contribution in [0.2, 0.25) is 0 Å². The quantitative estimate of drug-likeness (QED) is 0.307. The van der Waals surface area contributed by atoms with Gasteiger partial charge in [0.1, 0.15) is 17.9 Å². The van der Waals surface area contributed by atoms with Crippen molar-refractivity contribution in [2.45, 2.75) is 26.2 Å². The zero-order valence-corrected chi connectivity index (χ0v) is 20.8. The number of benzene rings is 2. The third-order valence-electron chi connectivity index (χ3n) is 5.04. The Bertz CT molecular complexity index is 1320. The maximum absolute atomic E-state index is 12.3. The van der Waals surface area contributed by atoms with Crippen molar-refractivity contribution < 1.29 is 18.8 Å². The highest BCUT2D eigenvalue weighted by molar-refractivity contribution is 5.99. The Morgan fingerprint density at radius 3 is 2.20 bits per heavy atom. The van der Waals surface area contributed by atoms with Gasteiger partial charge in [0.15, 0.2) is 17.3 Å². The molecule has 2 aromatic heterocycles. The highest BCUT2D eigenvalue weighted by Gasteiger charge is 2.20. The lowest BCUT2D eigenvalue weighted by Gasteiger charge is -2.12. The average molecular weight is 499 g/mol. The number of methoxy groups -OCH3 is 2. The number of hydrogen-bond acceptors (Lipinski definition) is 8. The third-order valence-corrected chi connectivity index (χ3v) is 5.04. The zero-order chi connectivity index (χ0) is 24.3. The average Bonchev–Trinajstić information content (AvgIpc) is 3.28. The molecular formula is C24H27ClN6O4. The summed E-state index contributed by atoms with van der Waals surface area (Å²) in [5.41, 5.74) is 1.92. The molecule has 0 radical (unpaired) electrons. The molecule has 0 unspecified atom stereocenters. The van der Waals surface area contributed by atoms with Gasteiger partial charge >= 0.3 is 6.03 Å². The number of urea groups is 1. The van der Waals surface area contributed by atoms with Gasteiger partial charge in [0.2, 0.25) is 0 Å². The maximum Gasteiger partial charge on any atom is 0.324 e. The molecule has 3 N–H and O–H groups in total. The number of fused-ring (bicyclic) bond motifs is 1. The second kappa shape index (κ2) is 10.5. The van der Waals surface area contributed by atoms with Crippen molar-refractivity contribution in [1.82, 2.24) is 15.1 Å². The van der Waals surface area contributed by atoms with E-state index in [0.29, 0.717) is 40.1 Å². The highest BCUT2D eigenvalue weighted by atomic mass is 35.5. The first-order chi connectivity index (χ1) is 16.3. The number of carbonyl (C=O) groups excluding carboxylic acids is 1. The van der Waals surface area contributed by atoms with Gasteiger partial charge in [-0.15, -0.1) is 12.4 Å². The monoisotopic (exact) mass is 498 g/mol. The Balaban J connectivity index is 0.00000342. The summed E-state index contributed by atoms with van der Waals surface area (Å²) in [5.74, 6) is 2.83. The van der Waals surface area contributed by atoms with Crippen LogP contribution in [0.4, 0.5) is 27.8 Å². The van der Waals surface area contributed by atoms with Crippen molar-refractivity contribution in [1.29, 1.82) is 0 Å².